The summed E-state index contributed by atoms with van der Waals surface area (Å²) in [6.07, 6.45) is 12.9. The van der Waals surface area contributed by atoms with E-state index in [0.717, 1.165) is 24.0 Å². The van der Waals surface area contributed by atoms with Gasteiger partial charge in [0.2, 0.25) is 0 Å². The summed E-state index contributed by atoms with van der Waals surface area (Å²) in [6, 6.07) is 43.4. The lowest BCUT2D eigenvalue weighted by atomic mass is 9.76. The Bertz CT molecular complexity index is 1280. The Hall–Kier alpha value is -3.89. The summed E-state index contributed by atoms with van der Waals surface area (Å²) in [5.74, 6) is -0.0163. The molecule has 0 fully saturated rings. The molecule has 4 heteroatoms. The van der Waals surface area contributed by atoms with E-state index in [-0.39, 0.29) is 11.0 Å². The van der Waals surface area contributed by atoms with Crippen LogP contribution in [0.1, 0.15) is 47.8 Å². The molecule has 0 saturated heterocycles. The van der Waals surface area contributed by atoms with Gasteiger partial charge in [0.05, 0.1) is 28.9 Å². The van der Waals surface area contributed by atoms with Gasteiger partial charge in [0.1, 0.15) is 0 Å². The van der Waals surface area contributed by atoms with E-state index in [2.05, 4.69) is 120 Å². The maximum absolute atomic E-state index is 6.12. The van der Waals surface area contributed by atoms with E-state index < -0.39 is 9.52 Å². The molecule has 0 aliphatic carbocycles. The average molecular weight is 525 g/mol. The summed E-state index contributed by atoms with van der Waals surface area (Å²) >= 11 is 0. The van der Waals surface area contributed by atoms with Crippen LogP contribution in [-0.2, 0) is 5.16 Å². The standard InChI is InChI=1S/C22H26N2Si.C13H11B/c1-2-3-4-11-18-25-22(24-17-16-23-19-24,20-12-7-5-8-13-20)21-14-9-6-10-15-21;14-13(11-7-3-1-4-8-11)12-9-5-2-6-10-12/h3-10,12-17,19H,2,11,18,25H2,1H3;1-10,13H. The molecule has 2 nitrogen and oxygen atoms in total. The normalized spacial score (nSPS) is 11.6. The van der Waals surface area contributed by atoms with E-state index in [9.17, 15) is 0 Å². The topological polar surface area (TPSA) is 17.8 Å². The van der Waals surface area contributed by atoms with Gasteiger partial charge in [-0.2, -0.15) is 0 Å². The van der Waals surface area contributed by atoms with Crippen molar-refractivity contribution in [3.63, 3.8) is 0 Å². The summed E-state index contributed by atoms with van der Waals surface area (Å²) in [5, 5.41) is -0.0843. The smallest absolute Gasteiger partial charge is 0.0953 e. The van der Waals surface area contributed by atoms with E-state index >= 15 is 0 Å². The highest BCUT2D eigenvalue weighted by molar-refractivity contribution is 6.41. The highest BCUT2D eigenvalue weighted by Crippen LogP contribution is 2.34. The van der Waals surface area contributed by atoms with Crippen molar-refractivity contribution >= 4 is 17.4 Å². The molecule has 4 aromatic carbocycles. The van der Waals surface area contributed by atoms with Crippen LogP contribution in [0, 0.1) is 0 Å². The fourth-order valence-electron chi connectivity index (χ4n) is 5.07. The van der Waals surface area contributed by atoms with Crippen LogP contribution in [0.4, 0.5) is 0 Å². The van der Waals surface area contributed by atoms with Gasteiger partial charge in [-0.05, 0) is 40.9 Å². The summed E-state index contributed by atoms with van der Waals surface area (Å²) in [6.45, 7) is 2.19. The molecule has 0 aliphatic heterocycles. The van der Waals surface area contributed by atoms with E-state index in [1.807, 2.05) is 48.9 Å². The highest BCUT2D eigenvalue weighted by Gasteiger charge is 2.35. The Labute approximate surface area is 237 Å². The molecular formula is C35H37BN2Si. The van der Waals surface area contributed by atoms with Gasteiger partial charge in [-0.1, -0.05) is 146 Å². The second-order valence-electron chi connectivity index (χ2n) is 9.63. The molecule has 0 bridgehead atoms. The summed E-state index contributed by atoms with van der Waals surface area (Å²) < 4.78 is 2.33. The quantitative estimate of drug-likeness (QED) is 0.105. The van der Waals surface area contributed by atoms with Crippen LogP contribution in [-0.4, -0.2) is 26.9 Å². The van der Waals surface area contributed by atoms with Gasteiger partial charge in [-0.25, -0.2) is 4.98 Å². The average Bonchev–Trinajstić information content (AvgIpc) is 3.56. The molecule has 1 heterocycles. The molecule has 39 heavy (non-hydrogen) atoms. The number of allylic oxidation sites excluding steroid dienone is 2. The second kappa shape index (κ2) is 14.9. The fraction of sp³-hybridized carbons (Fsp3) is 0.171. The first-order chi connectivity index (χ1) is 19.3. The third-order valence-electron chi connectivity index (χ3n) is 7.08. The van der Waals surface area contributed by atoms with Gasteiger partial charge in [-0.15, -0.1) is 0 Å². The van der Waals surface area contributed by atoms with Crippen LogP contribution in [0.3, 0.4) is 0 Å². The monoisotopic (exact) mass is 524 g/mol. The largest absolute Gasteiger partial charge is 0.327 e. The number of imidazole rings is 1. The molecule has 0 amide bonds. The van der Waals surface area contributed by atoms with E-state index in [1.54, 1.807) is 0 Å². The van der Waals surface area contributed by atoms with Crippen molar-refractivity contribution in [1.82, 2.24) is 9.55 Å². The third kappa shape index (κ3) is 7.36. The Morgan fingerprint density at radius 1 is 0.744 bits per heavy atom. The van der Waals surface area contributed by atoms with Crippen LogP contribution >= 0.6 is 0 Å². The van der Waals surface area contributed by atoms with Crippen molar-refractivity contribution in [2.24, 2.45) is 0 Å². The molecule has 0 saturated carbocycles. The van der Waals surface area contributed by atoms with Crippen molar-refractivity contribution in [3.05, 3.63) is 174 Å². The Morgan fingerprint density at radius 2 is 1.23 bits per heavy atom. The van der Waals surface area contributed by atoms with Gasteiger partial charge in [0.15, 0.2) is 0 Å². The maximum Gasteiger partial charge on any atom is 0.0953 e. The zero-order chi connectivity index (χ0) is 27.2. The molecule has 0 spiro atoms. The van der Waals surface area contributed by atoms with Crippen molar-refractivity contribution in [3.8, 4) is 0 Å². The van der Waals surface area contributed by atoms with Crippen molar-refractivity contribution in [2.75, 3.05) is 0 Å². The van der Waals surface area contributed by atoms with Crippen LogP contribution in [0.5, 0.6) is 0 Å². The molecule has 5 rings (SSSR count). The number of hydrogen-bond donors (Lipinski definition) is 0. The molecule has 1 aromatic heterocycles. The molecule has 194 valence electrons. The van der Waals surface area contributed by atoms with Gasteiger partial charge in [0.25, 0.3) is 0 Å². The summed E-state index contributed by atoms with van der Waals surface area (Å²) in [7, 11) is 5.61. The number of benzene rings is 4. The van der Waals surface area contributed by atoms with Crippen LogP contribution in [0.25, 0.3) is 0 Å². The van der Waals surface area contributed by atoms with Gasteiger partial charge in [0, 0.05) is 12.4 Å². The predicted octanol–water partition coefficient (Wildman–Crippen LogP) is 7.52. The van der Waals surface area contributed by atoms with Crippen molar-refractivity contribution in [2.45, 2.75) is 36.8 Å². The minimum atomic E-state index is -0.503. The SMILES string of the molecule is CCC=CCC[SiH2]C(c1ccccc1)(c1ccccc1)n1ccnc1.[B]C(c1ccccc1)c1ccccc1. The number of aromatic nitrogens is 2. The van der Waals surface area contributed by atoms with Crippen molar-refractivity contribution < 1.29 is 0 Å². The number of rotatable bonds is 10. The molecule has 5 aromatic rings. The Morgan fingerprint density at radius 3 is 1.67 bits per heavy atom. The van der Waals surface area contributed by atoms with E-state index in [0.29, 0.717) is 0 Å². The lowest BCUT2D eigenvalue weighted by Gasteiger charge is -2.36. The lowest BCUT2D eigenvalue weighted by Crippen LogP contribution is -2.41. The predicted molar refractivity (Wildman–Crippen MR) is 169 cm³/mol. The van der Waals surface area contributed by atoms with Crippen molar-refractivity contribution in [1.29, 1.82) is 0 Å². The first-order valence-corrected chi connectivity index (χ1v) is 15.6. The first kappa shape index (κ1) is 28.1. The Balaban J connectivity index is 0.000000212. The van der Waals surface area contributed by atoms with Crippen LogP contribution in [0.2, 0.25) is 6.04 Å². The molecule has 2 radical (unpaired) electrons. The summed E-state index contributed by atoms with van der Waals surface area (Å²) in [5.41, 5.74) is 5.04. The zero-order valence-electron chi connectivity index (χ0n) is 22.8. The fourth-order valence-corrected chi connectivity index (χ4v) is 7.51. The van der Waals surface area contributed by atoms with Gasteiger partial charge < -0.3 is 4.57 Å². The minimum Gasteiger partial charge on any atom is -0.327 e. The molecule has 0 N–H and O–H groups in total. The van der Waals surface area contributed by atoms with Gasteiger partial charge >= 0.3 is 0 Å². The zero-order valence-corrected chi connectivity index (χ0v) is 24.2. The number of nitrogens with zero attached hydrogens (tertiary/aromatic N) is 2. The first-order valence-electron chi connectivity index (χ1n) is 13.9. The Kier molecular flexibility index (Phi) is 10.7. The number of hydrogen-bond acceptors (Lipinski definition) is 1. The van der Waals surface area contributed by atoms with Crippen LogP contribution in [0.15, 0.2) is 152 Å². The maximum atomic E-state index is 6.12. The molecule has 0 atom stereocenters. The highest BCUT2D eigenvalue weighted by atomic mass is 28.2. The lowest BCUT2D eigenvalue weighted by molar-refractivity contribution is 0.590. The third-order valence-corrected chi connectivity index (χ3v) is 9.74. The summed E-state index contributed by atoms with van der Waals surface area (Å²) in [4.78, 5) is 4.37. The van der Waals surface area contributed by atoms with E-state index in [1.165, 1.54) is 17.2 Å². The minimum absolute atomic E-state index is 0.0163. The van der Waals surface area contributed by atoms with Crippen LogP contribution < -0.4 is 0 Å². The van der Waals surface area contributed by atoms with Gasteiger partial charge in [-0.3, -0.25) is 0 Å². The second-order valence-corrected chi connectivity index (χ2v) is 11.9. The molecular weight excluding hydrogens is 487 g/mol. The molecule has 0 aliphatic rings. The van der Waals surface area contributed by atoms with E-state index in [4.69, 9.17) is 7.85 Å². The molecule has 0 unspecified atom stereocenters.